The second-order valence-corrected chi connectivity index (χ2v) is 11.6. The largest absolute Gasteiger partial charge is 0.494 e. The van der Waals surface area contributed by atoms with Crippen LogP contribution in [0.25, 0.3) is 21.7 Å². The summed E-state index contributed by atoms with van der Waals surface area (Å²) in [7, 11) is 0. The topological polar surface area (TPSA) is 78.2 Å². The minimum absolute atomic E-state index is 0.0626. The highest BCUT2D eigenvalue weighted by Gasteiger charge is 2.20. The molecule has 0 aliphatic carbocycles. The van der Waals surface area contributed by atoms with Crippen LogP contribution in [0.15, 0.2) is 82.7 Å². The lowest BCUT2D eigenvalue weighted by molar-refractivity contribution is -0.113. The van der Waals surface area contributed by atoms with Crippen molar-refractivity contribution in [3.63, 3.8) is 0 Å². The van der Waals surface area contributed by atoms with Crippen LogP contribution in [0.4, 0.5) is 5.69 Å². The van der Waals surface area contributed by atoms with Crippen LogP contribution in [0, 0.1) is 10.9 Å². The van der Waals surface area contributed by atoms with Gasteiger partial charge in [0.25, 0.3) is 5.56 Å². The van der Waals surface area contributed by atoms with Gasteiger partial charge in [-0.3, -0.25) is 18.7 Å². The second-order valence-electron chi connectivity index (χ2n) is 9.04. The number of fused-ring (bicyclic) bond motifs is 1. The number of hydrogen-bond acceptors (Lipinski definition) is 7. The van der Waals surface area contributed by atoms with E-state index in [4.69, 9.17) is 21.9 Å². The lowest BCUT2D eigenvalue weighted by Crippen LogP contribution is -2.22. The quantitative estimate of drug-likeness (QED) is 0.114. The molecule has 7 nitrogen and oxygen atoms in total. The van der Waals surface area contributed by atoms with Crippen molar-refractivity contribution >= 4 is 57.3 Å². The van der Waals surface area contributed by atoms with Crippen molar-refractivity contribution in [2.24, 2.45) is 0 Å². The van der Waals surface area contributed by atoms with Gasteiger partial charge in [-0.2, -0.15) is 0 Å². The van der Waals surface area contributed by atoms with E-state index in [2.05, 4.69) is 24.4 Å². The maximum atomic E-state index is 13.9. The van der Waals surface area contributed by atoms with Gasteiger partial charge < -0.3 is 10.1 Å². The van der Waals surface area contributed by atoms with Crippen LogP contribution in [0.2, 0.25) is 0 Å². The van der Waals surface area contributed by atoms with Crippen molar-refractivity contribution in [2.75, 3.05) is 17.7 Å². The Morgan fingerprint density at radius 2 is 1.62 bits per heavy atom. The van der Waals surface area contributed by atoms with E-state index in [-0.39, 0.29) is 17.2 Å². The average Bonchev–Trinajstić information content (AvgIpc) is 3.30. The Balaban J connectivity index is 1.53. The fraction of sp³-hybridized carbons (Fsp3) is 0.200. The number of nitrogens with one attached hydrogen (secondary N) is 1. The smallest absolute Gasteiger partial charge is 0.278 e. The van der Waals surface area contributed by atoms with Crippen LogP contribution in [0.5, 0.6) is 5.75 Å². The fourth-order valence-electron chi connectivity index (χ4n) is 4.19. The molecule has 0 unspecified atom stereocenters. The van der Waals surface area contributed by atoms with E-state index in [9.17, 15) is 9.59 Å². The zero-order valence-electron chi connectivity index (χ0n) is 22.3. The summed E-state index contributed by atoms with van der Waals surface area (Å²) >= 11 is 8.14. The molecule has 3 aromatic carbocycles. The van der Waals surface area contributed by atoms with Crippen LogP contribution in [-0.4, -0.2) is 32.4 Å². The van der Waals surface area contributed by atoms with E-state index >= 15 is 0 Å². The van der Waals surface area contributed by atoms with Gasteiger partial charge in [0, 0.05) is 11.4 Å². The van der Waals surface area contributed by atoms with Crippen molar-refractivity contribution in [1.29, 1.82) is 0 Å². The van der Waals surface area contributed by atoms with E-state index in [1.54, 1.807) is 16.7 Å². The number of thiazole rings is 1. The maximum absolute atomic E-state index is 13.9. The minimum Gasteiger partial charge on any atom is -0.494 e. The van der Waals surface area contributed by atoms with E-state index in [1.807, 2.05) is 66.9 Å². The molecule has 0 aliphatic rings. The molecule has 0 radical (unpaired) electrons. The van der Waals surface area contributed by atoms with Crippen LogP contribution < -0.4 is 15.6 Å². The van der Waals surface area contributed by atoms with Gasteiger partial charge in [0.15, 0.2) is 14.8 Å². The Hall–Kier alpha value is -3.73. The van der Waals surface area contributed by atoms with Crippen molar-refractivity contribution in [1.82, 2.24) is 14.1 Å². The third-order valence-electron chi connectivity index (χ3n) is 6.25. The Morgan fingerprint density at radius 1 is 0.975 bits per heavy atom. The highest BCUT2D eigenvalue weighted by atomic mass is 32.2. The van der Waals surface area contributed by atoms with E-state index in [0.29, 0.717) is 37.4 Å². The van der Waals surface area contributed by atoms with Gasteiger partial charge in [-0.25, -0.2) is 4.98 Å². The first kappa shape index (κ1) is 27.8. The number of benzene rings is 3. The maximum Gasteiger partial charge on any atom is 0.278 e. The first-order valence-electron chi connectivity index (χ1n) is 12.9. The summed E-state index contributed by atoms with van der Waals surface area (Å²) in [6.07, 6.45) is 0.926. The van der Waals surface area contributed by atoms with E-state index in [1.165, 1.54) is 28.7 Å². The van der Waals surface area contributed by atoms with Gasteiger partial charge in [0.1, 0.15) is 10.4 Å². The normalized spacial score (nSPS) is 11.1. The summed E-state index contributed by atoms with van der Waals surface area (Å²) in [5.74, 6) is 0.591. The number of hydrogen-bond donors (Lipinski definition) is 1. The highest BCUT2D eigenvalue weighted by molar-refractivity contribution is 7.99. The standard InChI is InChI=1S/C30H28N4O3S3/c1-4-20-8-14-22(15-9-20)33-27-26(40-30(33)38)28(36)34(23-12-6-19(3)7-13-23)29(32-27)39-18-25(35)31-21-10-16-24(17-11-21)37-5-2/h6-17H,4-5,18H2,1-3H3,(H,31,35). The Kier molecular flexibility index (Phi) is 8.49. The molecule has 5 aromatic rings. The Bertz CT molecular complexity index is 1770. The molecular weight excluding hydrogens is 561 g/mol. The molecule has 0 atom stereocenters. The lowest BCUT2D eigenvalue weighted by atomic mass is 10.1. The van der Waals surface area contributed by atoms with Crippen molar-refractivity contribution in [3.05, 3.63) is 98.2 Å². The van der Waals surface area contributed by atoms with Gasteiger partial charge in [-0.1, -0.05) is 59.9 Å². The Labute approximate surface area is 245 Å². The van der Waals surface area contributed by atoms with Gasteiger partial charge in [-0.15, -0.1) is 0 Å². The molecule has 1 N–H and O–H groups in total. The number of nitrogens with zero attached hydrogens (tertiary/aromatic N) is 3. The van der Waals surface area contributed by atoms with Crippen LogP contribution in [0.1, 0.15) is 25.0 Å². The molecule has 10 heteroatoms. The number of thioether (sulfide) groups is 1. The SMILES string of the molecule is CCOc1ccc(NC(=O)CSc2nc3c(sc(=S)n3-c3ccc(CC)cc3)c(=O)n2-c2ccc(C)cc2)cc1. The summed E-state index contributed by atoms with van der Waals surface area (Å²) in [5.41, 5.74) is 4.74. The van der Waals surface area contributed by atoms with Crippen LogP contribution >= 0.6 is 35.3 Å². The molecule has 40 heavy (non-hydrogen) atoms. The zero-order chi connectivity index (χ0) is 28.2. The van der Waals surface area contributed by atoms with E-state index in [0.717, 1.165) is 23.4 Å². The number of carbonyl (C=O) groups is 1. The summed E-state index contributed by atoms with van der Waals surface area (Å²) in [4.78, 5) is 31.7. The van der Waals surface area contributed by atoms with Gasteiger partial charge in [0.05, 0.1) is 18.0 Å². The van der Waals surface area contributed by atoms with Gasteiger partial charge >= 0.3 is 0 Å². The molecule has 1 amide bonds. The number of anilines is 1. The Morgan fingerprint density at radius 3 is 2.27 bits per heavy atom. The molecule has 0 bridgehead atoms. The van der Waals surface area contributed by atoms with Crippen LogP contribution in [-0.2, 0) is 11.2 Å². The second kappa shape index (κ2) is 12.2. The molecule has 2 heterocycles. The molecule has 0 saturated carbocycles. The number of carbonyl (C=O) groups excluding carboxylic acids is 1. The summed E-state index contributed by atoms with van der Waals surface area (Å²) in [5, 5.41) is 3.31. The first-order valence-corrected chi connectivity index (χ1v) is 15.1. The van der Waals surface area contributed by atoms with Crippen LogP contribution in [0.3, 0.4) is 0 Å². The number of aromatic nitrogens is 3. The predicted molar refractivity (Wildman–Crippen MR) is 166 cm³/mol. The number of ether oxygens (including phenoxy) is 1. The van der Waals surface area contributed by atoms with Crippen molar-refractivity contribution in [3.8, 4) is 17.1 Å². The molecule has 0 fully saturated rings. The van der Waals surface area contributed by atoms with Crippen molar-refractivity contribution in [2.45, 2.75) is 32.3 Å². The molecule has 0 saturated heterocycles. The molecule has 0 spiro atoms. The third-order valence-corrected chi connectivity index (χ3v) is 8.54. The third kappa shape index (κ3) is 5.89. The van der Waals surface area contributed by atoms with Crippen molar-refractivity contribution < 1.29 is 9.53 Å². The average molecular weight is 589 g/mol. The lowest BCUT2D eigenvalue weighted by Gasteiger charge is -2.13. The summed E-state index contributed by atoms with van der Waals surface area (Å²) < 4.78 is 9.87. The first-order chi connectivity index (χ1) is 19.4. The zero-order valence-corrected chi connectivity index (χ0v) is 24.8. The molecule has 204 valence electrons. The molecular formula is C30H28N4O3S3. The number of rotatable bonds is 9. The molecule has 2 aromatic heterocycles. The predicted octanol–water partition coefficient (Wildman–Crippen LogP) is 6.97. The summed E-state index contributed by atoms with van der Waals surface area (Å²) in [6, 6.07) is 23.0. The van der Waals surface area contributed by atoms with Gasteiger partial charge in [0.2, 0.25) is 5.91 Å². The fourth-order valence-corrected chi connectivity index (χ4v) is 6.30. The molecule has 0 aliphatic heterocycles. The molecule has 5 rings (SSSR count). The number of amides is 1. The highest BCUT2D eigenvalue weighted by Crippen LogP contribution is 2.28. The summed E-state index contributed by atoms with van der Waals surface area (Å²) in [6.45, 7) is 6.59. The number of aryl methyl sites for hydroxylation is 2. The van der Waals surface area contributed by atoms with E-state index < -0.39 is 0 Å². The monoisotopic (exact) mass is 588 g/mol. The van der Waals surface area contributed by atoms with Gasteiger partial charge in [-0.05, 0) is 86.6 Å². The minimum atomic E-state index is -0.219.